The van der Waals surface area contributed by atoms with Gasteiger partial charge in [0.05, 0.1) is 6.10 Å². The van der Waals surface area contributed by atoms with Crippen molar-refractivity contribution in [3.8, 4) is 0 Å². The van der Waals surface area contributed by atoms with Crippen molar-refractivity contribution >= 4 is 18.3 Å². The van der Waals surface area contributed by atoms with E-state index in [1.165, 1.54) is 0 Å². The third-order valence-electron chi connectivity index (χ3n) is 4.28. The average molecular weight is 309 g/mol. The van der Waals surface area contributed by atoms with Gasteiger partial charge >= 0.3 is 0 Å². The van der Waals surface area contributed by atoms with E-state index in [9.17, 15) is 9.90 Å². The number of carbonyl (C=O) groups excluding carboxylic acids is 1. The van der Waals surface area contributed by atoms with Gasteiger partial charge in [-0.05, 0) is 31.8 Å². The van der Waals surface area contributed by atoms with Crippen molar-refractivity contribution in [1.29, 1.82) is 0 Å². The predicted octanol–water partition coefficient (Wildman–Crippen LogP) is 1.09. The van der Waals surface area contributed by atoms with Gasteiger partial charge in [-0.25, -0.2) is 0 Å². The maximum atomic E-state index is 12.3. The number of ether oxygens (including phenoxy) is 1. The lowest BCUT2D eigenvalue weighted by Crippen LogP contribution is -2.55. The van der Waals surface area contributed by atoms with E-state index in [1.54, 1.807) is 7.11 Å². The summed E-state index contributed by atoms with van der Waals surface area (Å²) < 4.78 is 5.45. The van der Waals surface area contributed by atoms with Gasteiger partial charge in [0.25, 0.3) is 5.91 Å². The first-order chi connectivity index (χ1) is 9.09. The fraction of sp³-hybridized carbons (Fsp3) is 0.929. The van der Waals surface area contributed by atoms with Crippen LogP contribution in [0.1, 0.15) is 39.5 Å². The molecule has 0 aromatic rings. The minimum absolute atomic E-state index is 0. The summed E-state index contributed by atoms with van der Waals surface area (Å²) >= 11 is 0. The number of hydrogen-bond donors (Lipinski definition) is 3. The molecule has 1 aliphatic heterocycles. The Morgan fingerprint density at radius 3 is 2.35 bits per heavy atom. The molecule has 1 saturated heterocycles. The molecule has 6 heteroatoms. The summed E-state index contributed by atoms with van der Waals surface area (Å²) in [6.07, 6.45) is 2.72. The molecule has 20 heavy (non-hydrogen) atoms. The number of amides is 1. The highest BCUT2D eigenvalue weighted by Crippen LogP contribution is 2.22. The maximum absolute atomic E-state index is 12.3. The van der Waals surface area contributed by atoms with Crippen LogP contribution in [0, 0.1) is 5.92 Å². The molecule has 0 aromatic heterocycles. The Balaban J connectivity index is 0.00000361. The van der Waals surface area contributed by atoms with Gasteiger partial charge in [0, 0.05) is 13.7 Å². The molecule has 0 saturated carbocycles. The Morgan fingerprint density at radius 1 is 1.35 bits per heavy atom. The van der Waals surface area contributed by atoms with Crippen LogP contribution in [0.5, 0.6) is 0 Å². The zero-order valence-corrected chi connectivity index (χ0v) is 13.6. The van der Waals surface area contributed by atoms with Gasteiger partial charge in [0.2, 0.25) is 0 Å². The highest BCUT2D eigenvalue weighted by molar-refractivity contribution is 5.85. The maximum Gasteiger partial charge on any atom is 0.252 e. The lowest BCUT2D eigenvalue weighted by atomic mass is 9.90. The van der Waals surface area contributed by atoms with Gasteiger partial charge in [0.15, 0.2) is 0 Å². The first-order valence-electron chi connectivity index (χ1n) is 7.31. The van der Waals surface area contributed by atoms with Crippen molar-refractivity contribution in [3.63, 3.8) is 0 Å². The van der Waals surface area contributed by atoms with Crippen LogP contribution in [0.3, 0.4) is 0 Å². The number of piperidine rings is 1. The monoisotopic (exact) mass is 308 g/mol. The molecule has 1 aliphatic rings. The molecule has 1 atom stereocenters. The van der Waals surface area contributed by atoms with Crippen LogP contribution in [-0.2, 0) is 9.53 Å². The van der Waals surface area contributed by atoms with Crippen molar-refractivity contribution in [2.45, 2.75) is 51.2 Å². The van der Waals surface area contributed by atoms with Crippen LogP contribution < -0.4 is 10.6 Å². The number of nitrogens with one attached hydrogen (secondary N) is 2. The quantitative estimate of drug-likeness (QED) is 0.658. The van der Waals surface area contributed by atoms with E-state index in [0.717, 1.165) is 25.9 Å². The molecule has 1 fully saturated rings. The van der Waals surface area contributed by atoms with Gasteiger partial charge in [-0.15, -0.1) is 12.4 Å². The second-order valence-corrected chi connectivity index (χ2v) is 5.30. The van der Waals surface area contributed by atoms with Crippen LogP contribution in [0.2, 0.25) is 0 Å². The molecule has 0 aromatic carbocycles. The fourth-order valence-corrected chi connectivity index (χ4v) is 2.71. The number of methoxy groups -OCH3 is 1. The molecule has 1 heterocycles. The predicted molar refractivity (Wildman–Crippen MR) is 82.2 cm³/mol. The van der Waals surface area contributed by atoms with Crippen LogP contribution in [0.4, 0.5) is 0 Å². The second-order valence-electron chi connectivity index (χ2n) is 5.30. The molecule has 1 unspecified atom stereocenters. The van der Waals surface area contributed by atoms with Gasteiger partial charge in [-0.1, -0.05) is 26.7 Å². The Labute approximate surface area is 128 Å². The number of halogens is 1. The number of hydrogen-bond acceptors (Lipinski definition) is 4. The molecular formula is C14H29ClN2O3. The van der Waals surface area contributed by atoms with Crippen molar-refractivity contribution in [3.05, 3.63) is 0 Å². The summed E-state index contributed by atoms with van der Waals surface area (Å²) in [6, 6.07) is 0. The highest BCUT2D eigenvalue weighted by atomic mass is 35.5. The largest absolute Gasteiger partial charge is 0.391 e. The molecule has 0 bridgehead atoms. The lowest BCUT2D eigenvalue weighted by Gasteiger charge is -2.35. The van der Waals surface area contributed by atoms with E-state index in [1.807, 2.05) is 0 Å². The van der Waals surface area contributed by atoms with E-state index in [4.69, 9.17) is 4.74 Å². The topological polar surface area (TPSA) is 70.6 Å². The third-order valence-corrected chi connectivity index (χ3v) is 4.28. The Bertz CT molecular complexity index is 280. The van der Waals surface area contributed by atoms with E-state index < -0.39 is 11.7 Å². The van der Waals surface area contributed by atoms with E-state index in [-0.39, 0.29) is 24.2 Å². The summed E-state index contributed by atoms with van der Waals surface area (Å²) in [5, 5.41) is 16.1. The van der Waals surface area contributed by atoms with Gasteiger partial charge in [0.1, 0.15) is 5.60 Å². The van der Waals surface area contributed by atoms with Crippen LogP contribution in [0.15, 0.2) is 0 Å². The number of rotatable bonds is 7. The van der Waals surface area contributed by atoms with Gasteiger partial charge < -0.3 is 20.5 Å². The molecular weight excluding hydrogens is 280 g/mol. The van der Waals surface area contributed by atoms with Crippen LogP contribution in [-0.4, -0.2) is 49.5 Å². The molecule has 5 nitrogen and oxygen atoms in total. The number of carbonyl (C=O) groups is 1. The van der Waals surface area contributed by atoms with Crippen LogP contribution >= 0.6 is 12.4 Å². The highest BCUT2D eigenvalue weighted by Gasteiger charge is 2.39. The lowest BCUT2D eigenvalue weighted by molar-refractivity contribution is -0.147. The van der Waals surface area contributed by atoms with Crippen LogP contribution in [0.25, 0.3) is 0 Å². The van der Waals surface area contributed by atoms with Crippen molar-refractivity contribution < 1.29 is 14.6 Å². The Hall–Kier alpha value is -0.360. The molecule has 120 valence electrons. The first-order valence-corrected chi connectivity index (χ1v) is 7.31. The first kappa shape index (κ1) is 19.6. The van der Waals surface area contributed by atoms with E-state index in [0.29, 0.717) is 19.4 Å². The number of aliphatic hydroxyl groups excluding tert-OH is 1. The molecule has 0 radical (unpaired) electrons. The Kier molecular flexibility index (Phi) is 9.38. The zero-order valence-electron chi connectivity index (χ0n) is 12.8. The SMILES string of the molecule is CCC(CC)C(O)CNC(=O)C1(OC)CCNCC1.Cl. The van der Waals surface area contributed by atoms with Crippen molar-refractivity contribution in [1.82, 2.24) is 10.6 Å². The fourth-order valence-electron chi connectivity index (χ4n) is 2.71. The molecule has 0 spiro atoms. The molecule has 0 aliphatic carbocycles. The molecule has 1 amide bonds. The minimum Gasteiger partial charge on any atom is -0.391 e. The smallest absolute Gasteiger partial charge is 0.252 e. The molecule has 1 rings (SSSR count). The Morgan fingerprint density at radius 2 is 1.90 bits per heavy atom. The van der Waals surface area contributed by atoms with E-state index >= 15 is 0 Å². The summed E-state index contributed by atoms with van der Waals surface area (Å²) in [5.74, 6) is 0.147. The normalized spacial score (nSPS) is 19.2. The van der Waals surface area contributed by atoms with Gasteiger partial charge in [-0.2, -0.15) is 0 Å². The van der Waals surface area contributed by atoms with Crippen molar-refractivity contribution in [2.24, 2.45) is 5.92 Å². The summed E-state index contributed by atoms with van der Waals surface area (Å²) in [4.78, 5) is 12.3. The van der Waals surface area contributed by atoms with E-state index in [2.05, 4.69) is 24.5 Å². The second kappa shape index (κ2) is 9.55. The molecule has 3 N–H and O–H groups in total. The summed E-state index contributed by atoms with van der Waals surface area (Å²) in [5.41, 5.74) is -0.723. The number of aliphatic hydroxyl groups is 1. The standard InChI is InChI=1S/C14H28N2O3.ClH/c1-4-11(5-2)12(17)10-16-13(18)14(19-3)6-8-15-9-7-14;/h11-12,15,17H,4-10H2,1-3H3,(H,16,18);1H. The van der Waals surface area contributed by atoms with Gasteiger partial charge in [-0.3, -0.25) is 4.79 Å². The average Bonchev–Trinajstić information content (AvgIpc) is 2.46. The minimum atomic E-state index is -0.723. The zero-order chi connectivity index (χ0) is 14.3. The summed E-state index contributed by atoms with van der Waals surface area (Å²) in [6.45, 7) is 6.00. The third kappa shape index (κ3) is 4.88. The van der Waals surface area contributed by atoms with Crippen molar-refractivity contribution in [2.75, 3.05) is 26.7 Å². The summed E-state index contributed by atoms with van der Waals surface area (Å²) in [7, 11) is 1.59.